The van der Waals surface area contributed by atoms with Crippen molar-refractivity contribution in [3.8, 4) is 0 Å². The van der Waals surface area contributed by atoms with Crippen LogP contribution in [0.3, 0.4) is 0 Å². The van der Waals surface area contributed by atoms with Crippen molar-refractivity contribution in [1.82, 2.24) is 5.32 Å². The van der Waals surface area contributed by atoms with E-state index in [1.807, 2.05) is 0 Å². The Morgan fingerprint density at radius 1 is 1.50 bits per heavy atom. The van der Waals surface area contributed by atoms with Gasteiger partial charge in [-0.25, -0.2) is 0 Å². The number of carbonyl (C=O) groups excluding carboxylic acids is 1. The molecule has 5 heteroatoms. The van der Waals surface area contributed by atoms with E-state index in [2.05, 4.69) is 5.32 Å². The van der Waals surface area contributed by atoms with Gasteiger partial charge in [-0.1, -0.05) is 0 Å². The van der Waals surface area contributed by atoms with Gasteiger partial charge in [-0.2, -0.15) is 0 Å². The highest BCUT2D eigenvalue weighted by Crippen LogP contribution is 2.02. The van der Waals surface area contributed by atoms with E-state index < -0.39 is 0 Å². The Morgan fingerprint density at radius 2 is 2.10 bits per heavy atom. The summed E-state index contributed by atoms with van der Waals surface area (Å²) in [6.07, 6.45) is 1.09. The molecular formula is C5H11Cl2NO2. The van der Waals surface area contributed by atoms with Crippen LogP contribution >= 0.6 is 24.8 Å². The van der Waals surface area contributed by atoms with Gasteiger partial charge in [-0.15, -0.1) is 24.8 Å². The van der Waals surface area contributed by atoms with Crippen molar-refractivity contribution in [3.05, 3.63) is 0 Å². The second-order valence-electron chi connectivity index (χ2n) is 2.04. The third kappa shape index (κ3) is 3.37. The molecule has 1 fully saturated rings. The highest BCUT2D eigenvalue weighted by Gasteiger charge is 2.20. The zero-order chi connectivity index (χ0) is 5.98. The lowest BCUT2D eigenvalue weighted by molar-refractivity contribution is -0.109. The van der Waals surface area contributed by atoms with Gasteiger partial charge in [0.1, 0.15) is 6.29 Å². The van der Waals surface area contributed by atoms with Gasteiger partial charge in [0.05, 0.1) is 12.1 Å². The largest absolute Gasteiger partial charge is 0.392 e. The van der Waals surface area contributed by atoms with Crippen molar-refractivity contribution in [3.63, 3.8) is 0 Å². The van der Waals surface area contributed by atoms with Gasteiger partial charge < -0.3 is 15.2 Å². The Morgan fingerprint density at radius 3 is 2.30 bits per heavy atom. The summed E-state index contributed by atoms with van der Waals surface area (Å²) in [5.74, 6) is 0. The second kappa shape index (κ2) is 5.92. The van der Waals surface area contributed by atoms with Crippen molar-refractivity contribution in [2.75, 3.05) is 6.54 Å². The van der Waals surface area contributed by atoms with Crippen molar-refractivity contribution in [1.29, 1.82) is 0 Å². The Bertz CT molecular complexity index is 102. The van der Waals surface area contributed by atoms with E-state index in [0.717, 1.165) is 6.29 Å². The van der Waals surface area contributed by atoms with Crippen LogP contribution in [0.5, 0.6) is 0 Å². The molecule has 1 rings (SSSR count). The fourth-order valence-electron chi connectivity index (χ4n) is 0.851. The summed E-state index contributed by atoms with van der Waals surface area (Å²) >= 11 is 0. The molecule has 1 heterocycles. The normalized spacial score (nSPS) is 30.1. The first-order valence-electron chi connectivity index (χ1n) is 2.69. The van der Waals surface area contributed by atoms with Crippen LogP contribution in [0, 0.1) is 0 Å². The topological polar surface area (TPSA) is 49.3 Å². The van der Waals surface area contributed by atoms with Crippen LogP contribution in [0.25, 0.3) is 0 Å². The lowest BCUT2D eigenvalue weighted by Crippen LogP contribution is -2.22. The van der Waals surface area contributed by atoms with Gasteiger partial charge in [0.2, 0.25) is 0 Å². The summed E-state index contributed by atoms with van der Waals surface area (Å²) in [4.78, 5) is 9.98. The van der Waals surface area contributed by atoms with Crippen LogP contribution in [-0.4, -0.2) is 30.1 Å². The third-order valence-corrected chi connectivity index (χ3v) is 1.31. The molecule has 0 unspecified atom stereocenters. The molecule has 0 spiro atoms. The average molecular weight is 188 g/mol. The quantitative estimate of drug-likeness (QED) is 0.558. The summed E-state index contributed by atoms with van der Waals surface area (Å²) in [5.41, 5.74) is 0. The van der Waals surface area contributed by atoms with Crippen molar-refractivity contribution < 1.29 is 9.90 Å². The third-order valence-electron chi connectivity index (χ3n) is 1.31. The van der Waals surface area contributed by atoms with Crippen LogP contribution in [0.4, 0.5) is 0 Å². The Kier molecular flexibility index (Phi) is 7.58. The molecule has 1 aliphatic heterocycles. The number of aliphatic hydroxyl groups is 1. The van der Waals surface area contributed by atoms with Crippen molar-refractivity contribution in [2.24, 2.45) is 0 Å². The number of hydrogen-bond acceptors (Lipinski definition) is 3. The zero-order valence-electron chi connectivity index (χ0n) is 5.32. The molecule has 10 heavy (non-hydrogen) atoms. The predicted octanol–water partition coefficient (Wildman–Crippen LogP) is -0.248. The van der Waals surface area contributed by atoms with Gasteiger partial charge in [0, 0.05) is 6.54 Å². The standard InChI is InChI=1S/C5H9NO2.2ClH/c7-3-4-1-5(8)2-6-4;;/h3-6,8H,1-2H2;2*1H/t4-,5+;;/m0../s1. The Balaban J connectivity index is 0. The van der Waals surface area contributed by atoms with E-state index in [9.17, 15) is 4.79 Å². The molecule has 0 aromatic heterocycles. The fraction of sp³-hybridized carbons (Fsp3) is 0.800. The molecule has 2 N–H and O–H groups in total. The van der Waals surface area contributed by atoms with Gasteiger partial charge >= 0.3 is 0 Å². The van der Waals surface area contributed by atoms with Crippen LogP contribution in [0.1, 0.15) is 6.42 Å². The van der Waals surface area contributed by atoms with Crippen molar-refractivity contribution >= 4 is 31.1 Å². The molecule has 3 nitrogen and oxygen atoms in total. The zero-order valence-corrected chi connectivity index (χ0v) is 6.95. The SMILES string of the molecule is Cl.Cl.O=C[C@@H]1C[C@@H](O)CN1. The summed E-state index contributed by atoms with van der Waals surface area (Å²) < 4.78 is 0. The molecule has 0 aliphatic carbocycles. The maximum absolute atomic E-state index is 9.98. The smallest absolute Gasteiger partial charge is 0.136 e. The number of halogens is 2. The van der Waals surface area contributed by atoms with Gasteiger partial charge in [-0.3, -0.25) is 0 Å². The second-order valence-corrected chi connectivity index (χ2v) is 2.04. The number of rotatable bonds is 1. The summed E-state index contributed by atoms with van der Waals surface area (Å²) in [5, 5.41) is 11.6. The number of β-amino-alcohol motifs (C(OH)–C–C–N with tert-alkyl or cyclic N) is 1. The lowest BCUT2D eigenvalue weighted by Gasteiger charge is -1.94. The number of hydrogen-bond donors (Lipinski definition) is 2. The van der Waals surface area contributed by atoms with Crippen LogP contribution in [0.15, 0.2) is 0 Å². The average Bonchev–Trinajstić information content (AvgIpc) is 2.14. The van der Waals surface area contributed by atoms with E-state index in [1.165, 1.54) is 0 Å². The highest BCUT2D eigenvalue weighted by molar-refractivity contribution is 5.85. The molecule has 1 aliphatic rings. The lowest BCUT2D eigenvalue weighted by atomic mass is 10.2. The van der Waals surface area contributed by atoms with Gasteiger partial charge in [-0.05, 0) is 6.42 Å². The number of nitrogens with one attached hydrogen (secondary N) is 1. The van der Waals surface area contributed by atoms with Gasteiger partial charge in [0.25, 0.3) is 0 Å². The van der Waals surface area contributed by atoms with E-state index in [0.29, 0.717) is 13.0 Å². The number of carbonyl (C=O) groups is 1. The minimum Gasteiger partial charge on any atom is -0.392 e. The first-order chi connectivity index (χ1) is 3.83. The first kappa shape index (κ1) is 12.8. The molecule has 1 saturated heterocycles. The van der Waals surface area contributed by atoms with E-state index in [4.69, 9.17) is 5.11 Å². The highest BCUT2D eigenvalue weighted by atomic mass is 35.5. The minimum absolute atomic E-state index is 0. The van der Waals surface area contributed by atoms with Gasteiger partial charge in [0.15, 0.2) is 0 Å². The molecule has 0 aromatic rings. The summed E-state index contributed by atoms with van der Waals surface area (Å²) in [6.45, 7) is 0.559. The maximum Gasteiger partial charge on any atom is 0.136 e. The molecule has 2 atom stereocenters. The monoisotopic (exact) mass is 187 g/mol. The number of aldehydes is 1. The van der Waals surface area contributed by atoms with Crippen LogP contribution in [-0.2, 0) is 4.79 Å². The van der Waals surface area contributed by atoms with Crippen LogP contribution < -0.4 is 5.32 Å². The fourth-order valence-corrected chi connectivity index (χ4v) is 0.851. The molecule has 0 aromatic carbocycles. The Hall–Kier alpha value is 0.170. The Labute approximate surface area is 72.0 Å². The predicted molar refractivity (Wildman–Crippen MR) is 43.0 cm³/mol. The molecule has 0 bridgehead atoms. The van der Waals surface area contributed by atoms with E-state index in [-0.39, 0.29) is 37.0 Å². The summed E-state index contributed by atoms with van der Waals surface area (Å²) in [6, 6.07) is -0.106. The molecular weight excluding hydrogens is 177 g/mol. The molecule has 0 radical (unpaired) electrons. The summed E-state index contributed by atoms with van der Waals surface area (Å²) in [7, 11) is 0. The first-order valence-corrected chi connectivity index (χ1v) is 2.69. The molecule has 0 amide bonds. The van der Waals surface area contributed by atoms with E-state index in [1.54, 1.807) is 0 Å². The minimum atomic E-state index is -0.315. The molecule has 0 saturated carbocycles. The van der Waals surface area contributed by atoms with Crippen molar-refractivity contribution in [2.45, 2.75) is 18.6 Å². The maximum atomic E-state index is 9.98. The van der Waals surface area contributed by atoms with Crippen LogP contribution in [0.2, 0.25) is 0 Å². The van der Waals surface area contributed by atoms with E-state index >= 15 is 0 Å². The molecule has 62 valence electrons. The number of aliphatic hydroxyl groups excluding tert-OH is 1.